The van der Waals surface area contributed by atoms with Crippen molar-refractivity contribution in [1.82, 2.24) is 4.98 Å². The first-order valence-corrected chi connectivity index (χ1v) is 10.1. The van der Waals surface area contributed by atoms with Gasteiger partial charge in [-0.25, -0.2) is 4.98 Å². The molecule has 0 unspecified atom stereocenters. The SMILES string of the molecule is CC(C)(C)c1ccc(-c2nc3ccc(N=Cc4ccc(Cl)cc4Cl)cc3o2)cc1. The smallest absolute Gasteiger partial charge is 0.227 e. The standard InChI is InChI=1S/C24H20Cl2N2O/c1-24(2,3)17-7-4-15(5-8-17)23-28-21-11-10-19(13-22(21)29-23)27-14-16-6-9-18(25)12-20(16)26/h4-14H,1-3H3. The van der Waals surface area contributed by atoms with Gasteiger partial charge in [-0.1, -0.05) is 62.2 Å². The van der Waals surface area contributed by atoms with E-state index >= 15 is 0 Å². The summed E-state index contributed by atoms with van der Waals surface area (Å²) < 4.78 is 5.98. The number of hydrogen-bond donors (Lipinski definition) is 0. The molecule has 0 radical (unpaired) electrons. The molecule has 0 amide bonds. The zero-order chi connectivity index (χ0) is 20.6. The molecule has 1 aromatic heterocycles. The molecule has 4 rings (SSSR count). The topological polar surface area (TPSA) is 38.4 Å². The first-order valence-electron chi connectivity index (χ1n) is 9.30. The predicted molar refractivity (Wildman–Crippen MR) is 122 cm³/mol. The molecule has 0 atom stereocenters. The molecule has 0 spiro atoms. The fourth-order valence-corrected chi connectivity index (χ4v) is 3.44. The molecule has 3 nitrogen and oxygen atoms in total. The Labute approximate surface area is 180 Å². The predicted octanol–water partition coefficient (Wildman–Crippen LogP) is 7.85. The Kier molecular flexibility index (Phi) is 5.20. The maximum atomic E-state index is 6.20. The number of nitrogens with zero attached hydrogens (tertiary/aromatic N) is 2. The molecule has 0 bridgehead atoms. The van der Waals surface area contributed by atoms with Gasteiger partial charge in [0.2, 0.25) is 5.89 Å². The van der Waals surface area contributed by atoms with E-state index in [-0.39, 0.29) is 5.41 Å². The molecule has 0 fully saturated rings. The summed E-state index contributed by atoms with van der Waals surface area (Å²) in [4.78, 5) is 9.10. The van der Waals surface area contributed by atoms with Gasteiger partial charge in [-0.2, -0.15) is 0 Å². The fraction of sp³-hybridized carbons (Fsp3) is 0.167. The largest absolute Gasteiger partial charge is 0.436 e. The van der Waals surface area contributed by atoms with Crippen molar-refractivity contribution < 1.29 is 4.42 Å². The number of halogens is 2. The van der Waals surface area contributed by atoms with Crippen molar-refractivity contribution in [2.75, 3.05) is 0 Å². The van der Waals surface area contributed by atoms with Crippen LogP contribution in [-0.4, -0.2) is 11.2 Å². The minimum atomic E-state index is 0.111. The van der Waals surface area contributed by atoms with Gasteiger partial charge in [0.25, 0.3) is 0 Å². The third-order valence-corrected chi connectivity index (χ3v) is 5.25. The second-order valence-electron chi connectivity index (χ2n) is 7.92. The van der Waals surface area contributed by atoms with Gasteiger partial charge in [-0.05, 0) is 47.4 Å². The minimum Gasteiger partial charge on any atom is -0.436 e. The Hall–Kier alpha value is -2.62. The first kappa shape index (κ1) is 19.7. The zero-order valence-corrected chi connectivity index (χ0v) is 17.9. The molecule has 0 aliphatic rings. The van der Waals surface area contributed by atoms with Crippen LogP contribution in [0.25, 0.3) is 22.6 Å². The summed E-state index contributed by atoms with van der Waals surface area (Å²) in [6.45, 7) is 6.59. The highest BCUT2D eigenvalue weighted by Gasteiger charge is 2.14. The number of hydrogen-bond acceptors (Lipinski definition) is 3. The highest BCUT2D eigenvalue weighted by molar-refractivity contribution is 6.36. The van der Waals surface area contributed by atoms with E-state index in [1.807, 2.05) is 36.4 Å². The van der Waals surface area contributed by atoms with Crippen LogP contribution in [0.4, 0.5) is 5.69 Å². The quantitative estimate of drug-likeness (QED) is 0.315. The fourth-order valence-electron chi connectivity index (χ4n) is 2.98. The molecule has 0 aliphatic carbocycles. The van der Waals surface area contributed by atoms with Gasteiger partial charge in [0.15, 0.2) is 5.58 Å². The summed E-state index contributed by atoms with van der Waals surface area (Å²) in [5.74, 6) is 0.599. The number of benzene rings is 3. The summed E-state index contributed by atoms with van der Waals surface area (Å²) in [6.07, 6.45) is 1.71. The first-order chi connectivity index (χ1) is 13.8. The average Bonchev–Trinajstić information content (AvgIpc) is 3.10. The summed E-state index contributed by atoms with van der Waals surface area (Å²) in [7, 11) is 0. The van der Waals surface area contributed by atoms with Gasteiger partial charge in [0.1, 0.15) is 5.52 Å². The van der Waals surface area contributed by atoms with Crippen LogP contribution in [0.3, 0.4) is 0 Å². The maximum Gasteiger partial charge on any atom is 0.227 e. The van der Waals surface area contributed by atoms with Crippen LogP contribution < -0.4 is 0 Å². The highest BCUT2D eigenvalue weighted by Crippen LogP contribution is 2.30. The van der Waals surface area contributed by atoms with Crippen molar-refractivity contribution >= 4 is 46.2 Å². The van der Waals surface area contributed by atoms with Crippen molar-refractivity contribution in [1.29, 1.82) is 0 Å². The van der Waals surface area contributed by atoms with E-state index in [1.165, 1.54) is 5.56 Å². The van der Waals surface area contributed by atoms with E-state index in [0.29, 0.717) is 21.5 Å². The molecule has 0 saturated carbocycles. The van der Waals surface area contributed by atoms with Crippen LogP contribution >= 0.6 is 23.2 Å². The maximum absolute atomic E-state index is 6.20. The summed E-state index contributed by atoms with van der Waals surface area (Å²) in [5.41, 5.74) is 5.38. The van der Waals surface area contributed by atoms with Crippen molar-refractivity contribution in [3.05, 3.63) is 81.8 Å². The van der Waals surface area contributed by atoms with Gasteiger partial charge in [-0.3, -0.25) is 4.99 Å². The van der Waals surface area contributed by atoms with Gasteiger partial charge in [0.05, 0.1) is 10.7 Å². The molecule has 146 valence electrons. The molecule has 0 saturated heterocycles. The van der Waals surface area contributed by atoms with Crippen molar-refractivity contribution in [2.24, 2.45) is 4.99 Å². The van der Waals surface area contributed by atoms with E-state index in [1.54, 1.807) is 18.3 Å². The molecule has 4 aromatic rings. The second kappa shape index (κ2) is 7.66. The Bertz CT molecular complexity index is 1200. The van der Waals surface area contributed by atoms with E-state index in [0.717, 1.165) is 22.3 Å². The highest BCUT2D eigenvalue weighted by atomic mass is 35.5. The lowest BCUT2D eigenvalue weighted by atomic mass is 9.87. The van der Waals surface area contributed by atoms with Crippen LogP contribution in [0.2, 0.25) is 10.0 Å². The molecular formula is C24H20Cl2N2O. The average molecular weight is 423 g/mol. The van der Waals surface area contributed by atoms with E-state index in [4.69, 9.17) is 27.6 Å². The van der Waals surface area contributed by atoms with Gasteiger partial charge < -0.3 is 4.42 Å². The summed E-state index contributed by atoms with van der Waals surface area (Å²) in [5, 5.41) is 1.15. The third-order valence-electron chi connectivity index (χ3n) is 4.69. The monoisotopic (exact) mass is 422 g/mol. The molecule has 5 heteroatoms. The van der Waals surface area contributed by atoms with Crippen LogP contribution in [0, 0.1) is 0 Å². The van der Waals surface area contributed by atoms with Crippen LogP contribution in [0.1, 0.15) is 31.9 Å². The Morgan fingerprint density at radius 3 is 2.38 bits per heavy atom. The lowest BCUT2D eigenvalue weighted by Gasteiger charge is -2.18. The molecule has 3 aromatic carbocycles. The zero-order valence-electron chi connectivity index (χ0n) is 16.4. The van der Waals surface area contributed by atoms with Gasteiger partial charge in [-0.15, -0.1) is 0 Å². The van der Waals surface area contributed by atoms with Crippen LogP contribution in [-0.2, 0) is 5.41 Å². The minimum absolute atomic E-state index is 0.111. The number of fused-ring (bicyclic) bond motifs is 1. The normalized spacial score (nSPS) is 12.2. The van der Waals surface area contributed by atoms with E-state index in [9.17, 15) is 0 Å². The molecule has 29 heavy (non-hydrogen) atoms. The van der Waals surface area contributed by atoms with Crippen molar-refractivity contribution in [3.63, 3.8) is 0 Å². The molecule has 0 N–H and O–H groups in total. The van der Waals surface area contributed by atoms with Gasteiger partial charge >= 0.3 is 0 Å². The molecule has 1 heterocycles. The van der Waals surface area contributed by atoms with Crippen molar-refractivity contribution in [2.45, 2.75) is 26.2 Å². The Morgan fingerprint density at radius 1 is 0.931 bits per heavy atom. The lowest BCUT2D eigenvalue weighted by Crippen LogP contribution is -2.10. The summed E-state index contributed by atoms with van der Waals surface area (Å²) >= 11 is 12.1. The third kappa shape index (κ3) is 4.36. The number of rotatable bonds is 3. The second-order valence-corrected chi connectivity index (χ2v) is 8.77. The van der Waals surface area contributed by atoms with E-state index < -0.39 is 0 Å². The van der Waals surface area contributed by atoms with Crippen molar-refractivity contribution in [3.8, 4) is 11.5 Å². The number of oxazole rings is 1. The van der Waals surface area contributed by atoms with Crippen LogP contribution in [0.5, 0.6) is 0 Å². The molecular weight excluding hydrogens is 403 g/mol. The van der Waals surface area contributed by atoms with Crippen LogP contribution in [0.15, 0.2) is 70.1 Å². The molecule has 0 aliphatic heterocycles. The van der Waals surface area contributed by atoms with Gasteiger partial charge in [0, 0.05) is 28.4 Å². The lowest BCUT2D eigenvalue weighted by molar-refractivity contribution is 0.589. The van der Waals surface area contributed by atoms with E-state index in [2.05, 4.69) is 42.9 Å². The number of aromatic nitrogens is 1. The Morgan fingerprint density at radius 2 is 1.69 bits per heavy atom. The summed E-state index contributed by atoms with van der Waals surface area (Å²) in [6, 6.07) is 19.3. The Balaban J connectivity index is 1.61. The number of aliphatic imine (C=N–C) groups is 1.